The van der Waals surface area contributed by atoms with Gasteiger partial charge < -0.3 is 19.0 Å². The summed E-state index contributed by atoms with van der Waals surface area (Å²) < 4.78 is 18.6. The third kappa shape index (κ3) is 8.92. The van der Waals surface area contributed by atoms with Crippen LogP contribution in [0.25, 0.3) is 0 Å². The third-order valence-electron chi connectivity index (χ3n) is 7.83. The van der Waals surface area contributed by atoms with Crippen LogP contribution in [0.1, 0.15) is 73.2 Å². The second-order valence-corrected chi connectivity index (χ2v) is 16.8. The number of hydrogen-bond acceptors (Lipinski definition) is 6. The lowest BCUT2D eigenvalue weighted by Gasteiger charge is -2.37. The van der Waals surface area contributed by atoms with Crippen molar-refractivity contribution < 1.29 is 33.4 Å². The van der Waals surface area contributed by atoms with E-state index in [2.05, 4.69) is 33.9 Å². The number of aliphatic carboxylic acids is 1. The number of esters is 2. The Morgan fingerprint density at radius 1 is 1.07 bits per heavy atom. The van der Waals surface area contributed by atoms with Crippen molar-refractivity contribution in [2.24, 2.45) is 5.92 Å². The van der Waals surface area contributed by atoms with Crippen molar-refractivity contribution >= 4 is 26.2 Å². The topological polar surface area (TPSA) is 99.1 Å². The van der Waals surface area contributed by atoms with Crippen LogP contribution in [0.4, 0.5) is 0 Å². The molecule has 1 N–H and O–H groups in total. The van der Waals surface area contributed by atoms with Gasteiger partial charge >= 0.3 is 17.9 Å². The van der Waals surface area contributed by atoms with Crippen molar-refractivity contribution in [2.75, 3.05) is 0 Å². The SMILES string of the molecule is C[C@H]1C/C=C/Cc2cccc(O[Si](C)(C)C(C)(C)C)c2C(=O)OC(C/C=C/C(=O)O)C[C@H]1OC(=O)c1ccccc1. The van der Waals surface area contributed by atoms with Gasteiger partial charge in [0.2, 0.25) is 0 Å². The molecule has 1 aliphatic rings. The van der Waals surface area contributed by atoms with Gasteiger partial charge in [-0.2, -0.15) is 0 Å². The van der Waals surface area contributed by atoms with Gasteiger partial charge in [0.15, 0.2) is 0 Å². The Balaban J connectivity index is 2.00. The summed E-state index contributed by atoms with van der Waals surface area (Å²) in [5.74, 6) is -1.68. The number of allylic oxidation sites excluding steroid dienone is 2. The monoisotopic (exact) mass is 578 g/mol. The van der Waals surface area contributed by atoms with Crippen molar-refractivity contribution in [3.05, 3.63) is 89.5 Å². The molecule has 8 heteroatoms. The fourth-order valence-corrected chi connectivity index (χ4v) is 5.35. The van der Waals surface area contributed by atoms with Crippen molar-refractivity contribution in [3.63, 3.8) is 0 Å². The van der Waals surface area contributed by atoms with E-state index < -0.39 is 38.4 Å². The van der Waals surface area contributed by atoms with E-state index in [4.69, 9.17) is 19.0 Å². The van der Waals surface area contributed by atoms with E-state index in [0.29, 0.717) is 29.7 Å². The summed E-state index contributed by atoms with van der Waals surface area (Å²) in [6.45, 7) is 12.7. The van der Waals surface area contributed by atoms with Crippen LogP contribution in [0, 0.1) is 5.92 Å². The van der Waals surface area contributed by atoms with Gasteiger partial charge in [-0.15, -0.1) is 0 Å². The van der Waals surface area contributed by atoms with E-state index in [9.17, 15) is 14.4 Å². The van der Waals surface area contributed by atoms with Crippen LogP contribution in [0.3, 0.4) is 0 Å². The van der Waals surface area contributed by atoms with Gasteiger partial charge in [-0.05, 0) is 60.7 Å². The summed E-state index contributed by atoms with van der Waals surface area (Å²) in [5.41, 5.74) is 1.60. The molecule has 1 unspecified atom stereocenters. The van der Waals surface area contributed by atoms with Crippen LogP contribution in [-0.2, 0) is 20.7 Å². The van der Waals surface area contributed by atoms with Crippen molar-refractivity contribution in [2.45, 2.75) is 83.7 Å². The molecule has 41 heavy (non-hydrogen) atoms. The average Bonchev–Trinajstić information content (AvgIpc) is 2.89. The zero-order chi connectivity index (χ0) is 30.2. The predicted octanol–water partition coefficient (Wildman–Crippen LogP) is 7.38. The van der Waals surface area contributed by atoms with Gasteiger partial charge in [-0.3, -0.25) is 0 Å². The summed E-state index contributed by atoms with van der Waals surface area (Å²) in [4.78, 5) is 38.0. The maximum Gasteiger partial charge on any atom is 0.342 e. The highest BCUT2D eigenvalue weighted by Crippen LogP contribution is 2.39. The summed E-state index contributed by atoms with van der Waals surface area (Å²) in [6, 6.07) is 14.3. The number of cyclic esters (lactones) is 1. The molecule has 0 radical (unpaired) electrons. The molecule has 0 aliphatic carbocycles. The van der Waals surface area contributed by atoms with Gasteiger partial charge in [0.1, 0.15) is 23.5 Å². The van der Waals surface area contributed by atoms with Crippen molar-refractivity contribution in [3.8, 4) is 5.75 Å². The second kappa shape index (κ2) is 13.8. The third-order valence-corrected chi connectivity index (χ3v) is 12.2. The number of rotatable bonds is 7. The average molecular weight is 579 g/mol. The summed E-state index contributed by atoms with van der Waals surface area (Å²) in [5, 5.41) is 9.06. The molecule has 1 heterocycles. The highest BCUT2D eigenvalue weighted by atomic mass is 28.4. The lowest BCUT2D eigenvalue weighted by atomic mass is 9.93. The Labute approximate surface area is 244 Å². The first kappa shape index (κ1) is 31.9. The largest absolute Gasteiger partial charge is 0.543 e. The molecule has 220 valence electrons. The maximum absolute atomic E-state index is 13.9. The smallest absolute Gasteiger partial charge is 0.342 e. The molecule has 3 atom stereocenters. The minimum Gasteiger partial charge on any atom is -0.543 e. The molecule has 0 aromatic heterocycles. The van der Waals surface area contributed by atoms with E-state index in [1.165, 1.54) is 6.08 Å². The maximum atomic E-state index is 13.9. The lowest BCUT2D eigenvalue weighted by Crippen LogP contribution is -2.44. The molecule has 0 bridgehead atoms. The van der Waals surface area contributed by atoms with Crippen molar-refractivity contribution in [1.82, 2.24) is 0 Å². The zero-order valence-corrected chi connectivity index (χ0v) is 25.9. The first-order chi connectivity index (χ1) is 19.3. The van der Waals surface area contributed by atoms with E-state index in [-0.39, 0.29) is 23.8 Å². The first-order valence-corrected chi connectivity index (χ1v) is 17.0. The Bertz CT molecular complexity index is 1270. The molecule has 1 aliphatic heterocycles. The summed E-state index contributed by atoms with van der Waals surface area (Å²) in [6.07, 6.45) is 6.77. The molecule has 0 spiro atoms. The first-order valence-electron chi connectivity index (χ1n) is 14.1. The Hall–Kier alpha value is -3.65. The summed E-state index contributed by atoms with van der Waals surface area (Å²) >= 11 is 0. The Kier molecular flexibility index (Phi) is 10.7. The number of carboxylic acid groups (broad SMARTS) is 1. The van der Waals surface area contributed by atoms with Crippen LogP contribution in [0.5, 0.6) is 5.75 Å². The number of ether oxygens (including phenoxy) is 2. The minimum atomic E-state index is -2.29. The lowest BCUT2D eigenvalue weighted by molar-refractivity contribution is -0.131. The van der Waals surface area contributed by atoms with Gasteiger partial charge in [0.05, 0.1) is 5.56 Å². The number of carbonyl (C=O) groups is 3. The zero-order valence-electron chi connectivity index (χ0n) is 24.9. The minimum absolute atomic E-state index is 0.0734. The molecule has 2 aromatic rings. The van der Waals surface area contributed by atoms with E-state index in [0.717, 1.165) is 11.6 Å². The number of hydrogen-bond donors (Lipinski definition) is 1. The van der Waals surface area contributed by atoms with E-state index >= 15 is 0 Å². The molecule has 3 rings (SSSR count). The van der Waals surface area contributed by atoms with E-state index in [1.54, 1.807) is 24.3 Å². The Morgan fingerprint density at radius 3 is 2.44 bits per heavy atom. The normalized spacial score (nSPS) is 21.1. The molecule has 0 saturated carbocycles. The number of carboxylic acids is 1. The van der Waals surface area contributed by atoms with Gasteiger partial charge in [0.25, 0.3) is 8.32 Å². The van der Waals surface area contributed by atoms with Crippen LogP contribution in [0.15, 0.2) is 72.8 Å². The summed E-state index contributed by atoms with van der Waals surface area (Å²) in [7, 11) is -2.29. The molecular formula is C33H42O7Si. The molecule has 0 fully saturated rings. The van der Waals surface area contributed by atoms with Gasteiger partial charge in [-0.25, -0.2) is 14.4 Å². The highest BCUT2D eigenvalue weighted by Gasteiger charge is 2.40. The standard InChI is InChI=1S/C33H42O7Si/c1-23-14-10-11-15-24-18-12-20-27(40-41(5,6)33(2,3)4)30(24)32(37)38-26(19-13-21-29(34)35)22-28(23)39-31(36)25-16-8-7-9-17-25/h7-13,16-18,20-21,23,26,28H,14-15,19,22H2,1-6H3,(H,34,35)/b11-10+,21-13+/t23-,26?,28+/m0/s1. The highest BCUT2D eigenvalue weighted by molar-refractivity contribution is 6.74. The van der Waals surface area contributed by atoms with E-state index in [1.807, 2.05) is 43.3 Å². The van der Waals surface area contributed by atoms with Crippen LogP contribution in [-0.4, -0.2) is 43.5 Å². The van der Waals surface area contributed by atoms with Crippen LogP contribution in [0.2, 0.25) is 18.1 Å². The van der Waals surface area contributed by atoms with Crippen LogP contribution < -0.4 is 4.43 Å². The Morgan fingerprint density at radius 2 is 1.78 bits per heavy atom. The fourth-order valence-electron chi connectivity index (χ4n) is 4.32. The molecule has 7 nitrogen and oxygen atoms in total. The second-order valence-electron chi connectivity index (χ2n) is 12.1. The fraction of sp³-hybridized carbons (Fsp3) is 0.424. The van der Waals surface area contributed by atoms with Gasteiger partial charge in [-0.1, -0.05) is 76.3 Å². The number of fused-ring (bicyclic) bond motifs is 1. The van der Waals surface area contributed by atoms with Crippen LogP contribution >= 0.6 is 0 Å². The molecular weight excluding hydrogens is 536 g/mol. The van der Waals surface area contributed by atoms with Crippen molar-refractivity contribution in [1.29, 1.82) is 0 Å². The molecule has 2 aromatic carbocycles. The number of carbonyl (C=O) groups excluding carboxylic acids is 2. The predicted molar refractivity (Wildman–Crippen MR) is 162 cm³/mol. The molecule has 0 saturated heterocycles. The van der Waals surface area contributed by atoms with Gasteiger partial charge in [0, 0.05) is 18.9 Å². The molecule has 0 amide bonds. The number of benzene rings is 2. The quantitative estimate of drug-likeness (QED) is 0.158.